The van der Waals surface area contributed by atoms with Crippen molar-refractivity contribution in [3.8, 4) is 0 Å². The predicted molar refractivity (Wildman–Crippen MR) is 105 cm³/mol. The van der Waals surface area contributed by atoms with E-state index < -0.39 is 11.9 Å². The summed E-state index contributed by atoms with van der Waals surface area (Å²) in [5.41, 5.74) is 0.753. The van der Waals surface area contributed by atoms with Crippen LogP contribution in [0.25, 0.3) is 0 Å². The molecule has 0 bridgehead atoms. The summed E-state index contributed by atoms with van der Waals surface area (Å²) in [6, 6.07) is 0. The van der Waals surface area contributed by atoms with Crippen molar-refractivity contribution in [3.05, 3.63) is 0 Å². The van der Waals surface area contributed by atoms with Gasteiger partial charge >= 0.3 is 16.8 Å². The molecule has 0 unspecified atom stereocenters. The van der Waals surface area contributed by atoms with Gasteiger partial charge in [0.15, 0.2) is 0 Å². The Labute approximate surface area is 173 Å². The number of unbranched alkanes of at least 4 members (excludes halogenated alkanes) is 4. The molecule has 0 atom stereocenters. The summed E-state index contributed by atoms with van der Waals surface area (Å²) in [5, 5.41) is 20.1. The first-order chi connectivity index (χ1) is 10.8. The van der Waals surface area contributed by atoms with Crippen molar-refractivity contribution in [2.24, 2.45) is 10.8 Å². The average Bonchev–Trinajstić information content (AvgIpc) is 2.35. The molecular weight excluding hydrogens is 374 g/mol. The second kappa shape index (κ2) is 17.9. The Hall–Kier alpha value is -0.489. The first-order valence-electron chi connectivity index (χ1n) is 9.23. The minimum absolute atomic E-state index is 0. The van der Waals surface area contributed by atoms with Gasteiger partial charge in [-0.05, 0) is 49.4 Å². The van der Waals surface area contributed by atoms with Crippen molar-refractivity contribution in [2.75, 3.05) is 0 Å². The van der Waals surface area contributed by atoms with Crippen LogP contribution in [-0.4, -0.2) is 20.4 Å². The molecule has 6 heteroatoms. The molecule has 0 heterocycles. The number of rotatable bonds is 10. The van der Waals surface area contributed by atoms with Gasteiger partial charge in [-0.3, -0.25) is 0 Å². The SMILES string of the molecule is B.CC(C)(C)CCCCCC(=O)[O-].CC(C)(C)CCCCCC(=O)[O-].[Co+2]. The quantitative estimate of drug-likeness (QED) is 0.405. The molecule has 1 radical (unpaired) electrons. The fraction of sp³-hybridized carbons (Fsp3) is 0.900. The number of carbonyl (C=O) groups is 2. The van der Waals surface area contributed by atoms with E-state index in [1.807, 2.05) is 0 Å². The monoisotopic (exact) mass is 415 g/mol. The molecule has 0 aliphatic rings. The van der Waals surface area contributed by atoms with Crippen LogP contribution >= 0.6 is 0 Å². The Kier molecular flexibility index (Phi) is 22.8. The summed E-state index contributed by atoms with van der Waals surface area (Å²) >= 11 is 0. The number of hydrogen-bond donors (Lipinski definition) is 0. The first kappa shape index (κ1) is 33.1. The molecule has 0 N–H and O–H groups in total. The largest absolute Gasteiger partial charge is 2.00 e. The summed E-state index contributed by atoms with van der Waals surface area (Å²) in [5.74, 6) is -1.85. The van der Waals surface area contributed by atoms with E-state index in [-0.39, 0.29) is 38.0 Å². The molecule has 26 heavy (non-hydrogen) atoms. The van der Waals surface area contributed by atoms with Gasteiger partial charge in [-0.2, -0.15) is 0 Å². The fourth-order valence-corrected chi connectivity index (χ4v) is 2.20. The number of carboxylic acids is 2. The van der Waals surface area contributed by atoms with E-state index in [0.717, 1.165) is 38.5 Å². The molecule has 0 fully saturated rings. The number of aliphatic carboxylic acids is 2. The molecule has 0 aromatic heterocycles. The van der Waals surface area contributed by atoms with Crippen molar-refractivity contribution in [2.45, 2.75) is 106 Å². The van der Waals surface area contributed by atoms with Gasteiger partial charge in [0.1, 0.15) is 0 Å². The van der Waals surface area contributed by atoms with Crippen LogP contribution in [0.1, 0.15) is 106 Å². The molecule has 0 saturated heterocycles. The molecule has 4 nitrogen and oxygen atoms in total. The van der Waals surface area contributed by atoms with E-state index in [4.69, 9.17) is 0 Å². The van der Waals surface area contributed by atoms with Crippen molar-refractivity contribution in [1.29, 1.82) is 0 Å². The van der Waals surface area contributed by atoms with Gasteiger partial charge in [0.05, 0.1) is 8.41 Å². The zero-order valence-corrected chi connectivity index (χ0v) is 18.1. The number of carbonyl (C=O) groups excluding carboxylic acids is 2. The van der Waals surface area contributed by atoms with Gasteiger partial charge in [-0.25, -0.2) is 0 Å². The van der Waals surface area contributed by atoms with Crippen LogP contribution in [0.2, 0.25) is 0 Å². The molecule has 0 aliphatic carbocycles. The number of carboxylic acid groups (broad SMARTS) is 2. The molecule has 0 rings (SSSR count). The van der Waals surface area contributed by atoms with Gasteiger partial charge in [0, 0.05) is 11.9 Å². The topological polar surface area (TPSA) is 80.3 Å². The molecule has 0 aromatic rings. The Morgan fingerprint density at radius 2 is 0.885 bits per heavy atom. The Morgan fingerprint density at radius 1 is 0.615 bits per heavy atom. The van der Waals surface area contributed by atoms with E-state index in [2.05, 4.69) is 41.5 Å². The van der Waals surface area contributed by atoms with Gasteiger partial charge in [0.2, 0.25) is 0 Å². The maximum atomic E-state index is 10.0. The second-order valence-corrected chi connectivity index (χ2v) is 8.99. The van der Waals surface area contributed by atoms with Crippen molar-refractivity contribution < 1.29 is 36.6 Å². The molecule has 157 valence electrons. The Bertz CT molecular complexity index is 313. The maximum Gasteiger partial charge on any atom is 2.00 e. The normalized spacial score (nSPS) is 10.7. The van der Waals surface area contributed by atoms with E-state index in [0.29, 0.717) is 10.8 Å². The third kappa shape index (κ3) is 38.9. The van der Waals surface area contributed by atoms with E-state index in [9.17, 15) is 19.8 Å². The van der Waals surface area contributed by atoms with Crippen molar-refractivity contribution >= 4 is 20.4 Å². The Balaban J connectivity index is -0.000000173. The van der Waals surface area contributed by atoms with E-state index in [1.165, 1.54) is 12.8 Å². The van der Waals surface area contributed by atoms with Crippen LogP contribution in [0.15, 0.2) is 0 Å². The minimum Gasteiger partial charge on any atom is -0.550 e. The molecule has 0 saturated carbocycles. The molecule has 0 aromatic carbocycles. The molecule has 0 amide bonds. The molecule has 0 spiro atoms. The fourth-order valence-electron chi connectivity index (χ4n) is 2.20. The van der Waals surface area contributed by atoms with Crippen LogP contribution in [0.4, 0.5) is 0 Å². The molecule has 0 aliphatic heterocycles. The van der Waals surface area contributed by atoms with Gasteiger partial charge < -0.3 is 19.8 Å². The van der Waals surface area contributed by atoms with Crippen molar-refractivity contribution in [3.63, 3.8) is 0 Å². The summed E-state index contributed by atoms with van der Waals surface area (Å²) in [6.07, 6.45) is 8.54. The third-order valence-corrected chi connectivity index (χ3v) is 3.62. The minimum atomic E-state index is -0.925. The van der Waals surface area contributed by atoms with Crippen LogP contribution in [-0.2, 0) is 26.4 Å². The van der Waals surface area contributed by atoms with Crippen LogP contribution < -0.4 is 10.2 Å². The summed E-state index contributed by atoms with van der Waals surface area (Å²) < 4.78 is 0. The molecular formula is C20H41BCoO4. The van der Waals surface area contributed by atoms with Crippen LogP contribution in [0.5, 0.6) is 0 Å². The third-order valence-electron chi connectivity index (χ3n) is 3.62. The zero-order chi connectivity index (χ0) is 19.2. The van der Waals surface area contributed by atoms with Crippen LogP contribution in [0.3, 0.4) is 0 Å². The summed E-state index contributed by atoms with van der Waals surface area (Å²) in [4.78, 5) is 20.1. The maximum absolute atomic E-state index is 10.0. The summed E-state index contributed by atoms with van der Waals surface area (Å²) in [6.45, 7) is 13.2. The first-order valence-corrected chi connectivity index (χ1v) is 9.23. The van der Waals surface area contributed by atoms with Crippen molar-refractivity contribution in [1.82, 2.24) is 0 Å². The smallest absolute Gasteiger partial charge is 0.550 e. The number of hydrogen-bond acceptors (Lipinski definition) is 4. The van der Waals surface area contributed by atoms with E-state index >= 15 is 0 Å². The van der Waals surface area contributed by atoms with Gasteiger partial charge in [-0.15, -0.1) is 0 Å². The van der Waals surface area contributed by atoms with E-state index in [1.54, 1.807) is 0 Å². The van der Waals surface area contributed by atoms with Crippen LogP contribution in [0, 0.1) is 10.8 Å². The van der Waals surface area contributed by atoms with Gasteiger partial charge in [0.25, 0.3) is 0 Å². The standard InChI is InChI=1S/2C10H20O2.BH3.Co/c2*1-10(2,3)8-6-4-5-7-9(11)12;;/h2*4-8H2,1-3H3,(H,11,12);1H3;/q;;;+2/p-2. The average molecular weight is 415 g/mol. The Morgan fingerprint density at radius 3 is 1.08 bits per heavy atom. The summed E-state index contributed by atoms with van der Waals surface area (Å²) in [7, 11) is 0. The predicted octanol–water partition coefficient (Wildman–Crippen LogP) is 2.28. The second-order valence-electron chi connectivity index (χ2n) is 8.99. The zero-order valence-electron chi connectivity index (χ0n) is 17.0. The van der Waals surface area contributed by atoms with Gasteiger partial charge in [-0.1, -0.05) is 67.2 Å².